The van der Waals surface area contributed by atoms with Crippen molar-refractivity contribution in [1.29, 1.82) is 0 Å². The predicted octanol–water partition coefficient (Wildman–Crippen LogP) is 5.21. The van der Waals surface area contributed by atoms with Crippen molar-refractivity contribution in [3.05, 3.63) is 113 Å². The zero-order valence-electron chi connectivity index (χ0n) is 18.9. The Bertz CT molecular complexity index is 1300. The van der Waals surface area contributed by atoms with Gasteiger partial charge in [0.1, 0.15) is 11.8 Å². The zero-order valence-corrected chi connectivity index (χ0v) is 19.7. The van der Waals surface area contributed by atoms with Crippen LogP contribution < -0.4 is 15.4 Å². The van der Waals surface area contributed by atoms with E-state index in [1.807, 2.05) is 37.3 Å². The fraction of sp³-hybridized carbons (Fsp3) is 0.111. The third-order valence-corrected chi connectivity index (χ3v) is 5.47. The van der Waals surface area contributed by atoms with E-state index in [1.165, 1.54) is 0 Å². The summed E-state index contributed by atoms with van der Waals surface area (Å²) in [6, 6.07) is 22.4. The number of hydrogen-bond donors (Lipinski definition) is 2. The SMILES string of the molecule is Cc1cc(Oc2ncccn2)ccc1NC(=O)C(Cc1ccccc1)NC(=O)c1ccc(Cl)cc1. The average molecular weight is 487 g/mol. The number of amides is 2. The molecule has 4 rings (SSSR count). The van der Waals surface area contributed by atoms with Crippen LogP contribution in [-0.4, -0.2) is 27.8 Å². The van der Waals surface area contributed by atoms with Crippen molar-refractivity contribution in [1.82, 2.24) is 15.3 Å². The highest BCUT2D eigenvalue weighted by Crippen LogP contribution is 2.24. The Morgan fingerprint density at radius 3 is 2.34 bits per heavy atom. The van der Waals surface area contributed by atoms with Crippen LogP contribution in [0.2, 0.25) is 5.02 Å². The van der Waals surface area contributed by atoms with E-state index in [4.69, 9.17) is 16.3 Å². The first kappa shape index (κ1) is 23.9. The van der Waals surface area contributed by atoms with Gasteiger partial charge in [0.05, 0.1) is 0 Å². The summed E-state index contributed by atoms with van der Waals surface area (Å²) >= 11 is 5.93. The first-order valence-electron chi connectivity index (χ1n) is 10.9. The number of hydrogen-bond acceptors (Lipinski definition) is 5. The van der Waals surface area contributed by atoms with E-state index in [-0.39, 0.29) is 17.8 Å². The molecule has 1 unspecified atom stereocenters. The molecule has 0 bridgehead atoms. The van der Waals surface area contributed by atoms with Gasteiger partial charge in [-0.1, -0.05) is 41.9 Å². The van der Waals surface area contributed by atoms with E-state index in [9.17, 15) is 9.59 Å². The van der Waals surface area contributed by atoms with Crippen molar-refractivity contribution >= 4 is 29.1 Å². The minimum absolute atomic E-state index is 0.233. The Kier molecular flexibility index (Phi) is 7.70. The van der Waals surface area contributed by atoms with Crippen LogP contribution in [0.25, 0.3) is 0 Å². The van der Waals surface area contributed by atoms with E-state index < -0.39 is 6.04 Å². The third kappa shape index (κ3) is 6.65. The maximum absolute atomic E-state index is 13.3. The van der Waals surface area contributed by atoms with Gasteiger partial charge in [-0.3, -0.25) is 9.59 Å². The molecule has 2 amide bonds. The quantitative estimate of drug-likeness (QED) is 0.356. The molecule has 2 N–H and O–H groups in total. The summed E-state index contributed by atoms with van der Waals surface area (Å²) in [6.07, 6.45) is 3.52. The Balaban J connectivity index is 1.50. The molecule has 8 heteroatoms. The van der Waals surface area contributed by atoms with Crippen molar-refractivity contribution in [3.63, 3.8) is 0 Å². The van der Waals surface area contributed by atoms with Crippen molar-refractivity contribution in [2.45, 2.75) is 19.4 Å². The van der Waals surface area contributed by atoms with Crippen molar-refractivity contribution in [2.75, 3.05) is 5.32 Å². The number of nitrogens with one attached hydrogen (secondary N) is 2. The standard InChI is InChI=1S/C27H23ClN4O3/c1-18-16-22(35-27-29-14-5-15-30-27)12-13-23(18)31-26(34)24(17-19-6-3-2-4-7-19)32-25(33)20-8-10-21(28)11-9-20/h2-16,24H,17H2,1H3,(H,31,34)(H,32,33). The molecule has 1 aromatic heterocycles. The van der Waals surface area contributed by atoms with Crippen LogP contribution in [0.1, 0.15) is 21.5 Å². The van der Waals surface area contributed by atoms with Crippen LogP contribution in [0.4, 0.5) is 5.69 Å². The van der Waals surface area contributed by atoms with E-state index in [1.54, 1.807) is 60.9 Å². The number of rotatable bonds is 8. The summed E-state index contributed by atoms with van der Waals surface area (Å²) in [7, 11) is 0. The van der Waals surface area contributed by atoms with Crippen molar-refractivity contribution in [3.8, 4) is 11.8 Å². The number of nitrogens with zero attached hydrogens (tertiary/aromatic N) is 2. The summed E-state index contributed by atoms with van der Waals surface area (Å²) in [4.78, 5) is 34.2. The highest BCUT2D eigenvalue weighted by molar-refractivity contribution is 6.30. The minimum Gasteiger partial charge on any atom is -0.424 e. The number of carbonyl (C=O) groups excluding carboxylic acids is 2. The second-order valence-corrected chi connectivity index (χ2v) is 8.26. The highest BCUT2D eigenvalue weighted by atomic mass is 35.5. The number of halogens is 1. The summed E-state index contributed by atoms with van der Waals surface area (Å²) in [5.41, 5.74) is 2.73. The topological polar surface area (TPSA) is 93.2 Å². The van der Waals surface area contributed by atoms with Gasteiger partial charge in [0.15, 0.2) is 0 Å². The summed E-state index contributed by atoms with van der Waals surface area (Å²) in [6.45, 7) is 1.85. The van der Waals surface area contributed by atoms with Crippen molar-refractivity contribution < 1.29 is 14.3 Å². The number of aromatic nitrogens is 2. The molecule has 3 aromatic carbocycles. The zero-order chi connectivity index (χ0) is 24.6. The van der Waals surface area contributed by atoms with Crippen molar-refractivity contribution in [2.24, 2.45) is 0 Å². The molecule has 4 aromatic rings. The molecular formula is C27H23ClN4O3. The first-order valence-corrected chi connectivity index (χ1v) is 11.3. The van der Waals surface area contributed by atoms with Gasteiger partial charge in [-0.15, -0.1) is 0 Å². The van der Waals surface area contributed by atoms with Gasteiger partial charge in [-0.25, -0.2) is 9.97 Å². The molecule has 0 aliphatic rings. The molecule has 0 radical (unpaired) electrons. The molecule has 0 aliphatic carbocycles. The maximum atomic E-state index is 13.3. The maximum Gasteiger partial charge on any atom is 0.321 e. The lowest BCUT2D eigenvalue weighted by Crippen LogP contribution is -2.45. The van der Waals surface area contributed by atoms with Crippen LogP contribution >= 0.6 is 11.6 Å². The molecule has 7 nitrogen and oxygen atoms in total. The molecule has 0 aliphatic heterocycles. The molecule has 1 heterocycles. The van der Waals surface area contributed by atoms with Gasteiger partial charge in [0.2, 0.25) is 5.91 Å². The van der Waals surface area contributed by atoms with E-state index in [0.717, 1.165) is 11.1 Å². The molecule has 0 fully saturated rings. The van der Waals surface area contributed by atoms with Crippen LogP contribution in [0.15, 0.2) is 91.3 Å². The number of anilines is 1. The number of ether oxygens (including phenoxy) is 1. The Labute approximate surface area is 208 Å². The first-order chi connectivity index (χ1) is 17.0. The van der Waals surface area contributed by atoms with E-state index in [0.29, 0.717) is 28.4 Å². The molecule has 35 heavy (non-hydrogen) atoms. The summed E-state index contributed by atoms with van der Waals surface area (Å²) in [5, 5.41) is 6.31. The van der Waals surface area contributed by atoms with Crippen LogP contribution in [-0.2, 0) is 11.2 Å². The summed E-state index contributed by atoms with van der Waals surface area (Å²) in [5.74, 6) is -0.149. The van der Waals surface area contributed by atoms with Gasteiger partial charge in [0, 0.05) is 35.1 Å². The molecule has 176 valence electrons. The van der Waals surface area contributed by atoms with Gasteiger partial charge in [0.25, 0.3) is 5.91 Å². The largest absolute Gasteiger partial charge is 0.424 e. The Hall–Kier alpha value is -4.23. The number of carbonyl (C=O) groups is 2. The van der Waals surface area contributed by atoms with Gasteiger partial charge in [-0.2, -0.15) is 0 Å². The highest BCUT2D eigenvalue weighted by Gasteiger charge is 2.23. The Morgan fingerprint density at radius 1 is 0.943 bits per heavy atom. The molecule has 1 atom stereocenters. The smallest absolute Gasteiger partial charge is 0.321 e. The lowest BCUT2D eigenvalue weighted by Gasteiger charge is -2.20. The van der Waals surface area contributed by atoms with E-state index in [2.05, 4.69) is 20.6 Å². The minimum atomic E-state index is -0.798. The molecular weight excluding hydrogens is 464 g/mol. The lowest BCUT2D eigenvalue weighted by molar-refractivity contribution is -0.118. The second kappa shape index (κ2) is 11.3. The number of benzene rings is 3. The number of aryl methyl sites for hydroxylation is 1. The predicted molar refractivity (Wildman–Crippen MR) is 135 cm³/mol. The van der Waals surface area contributed by atoms with Gasteiger partial charge < -0.3 is 15.4 Å². The normalized spacial score (nSPS) is 11.4. The average Bonchev–Trinajstić information content (AvgIpc) is 2.87. The van der Waals surface area contributed by atoms with Gasteiger partial charge >= 0.3 is 6.01 Å². The van der Waals surface area contributed by atoms with Gasteiger partial charge in [-0.05, 0) is 66.6 Å². The second-order valence-electron chi connectivity index (χ2n) is 7.82. The third-order valence-electron chi connectivity index (χ3n) is 5.22. The van der Waals surface area contributed by atoms with E-state index >= 15 is 0 Å². The van der Waals surface area contributed by atoms with Crippen LogP contribution in [0.5, 0.6) is 11.8 Å². The van der Waals surface area contributed by atoms with Crippen LogP contribution in [0.3, 0.4) is 0 Å². The monoisotopic (exact) mass is 486 g/mol. The molecule has 0 spiro atoms. The lowest BCUT2D eigenvalue weighted by atomic mass is 10.0. The van der Waals surface area contributed by atoms with Crippen LogP contribution in [0, 0.1) is 6.92 Å². The summed E-state index contributed by atoms with van der Waals surface area (Å²) < 4.78 is 5.65. The fourth-order valence-electron chi connectivity index (χ4n) is 3.41. The molecule has 0 saturated heterocycles. The molecule has 0 saturated carbocycles. The Morgan fingerprint density at radius 2 is 1.66 bits per heavy atom. The fourth-order valence-corrected chi connectivity index (χ4v) is 3.53.